The van der Waals surface area contributed by atoms with Gasteiger partial charge >= 0.3 is 0 Å². The molecule has 1 aromatic heterocycles. The second-order valence-electron chi connectivity index (χ2n) is 7.56. The molecule has 3 heterocycles. The normalized spacial score (nSPS) is 21.7. The zero-order valence-electron chi connectivity index (χ0n) is 16.6. The number of nitrogens with one attached hydrogen (secondary N) is 1. The number of methoxy groups -OCH3 is 1. The van der Waals surface area contributed by atoms with Gasteiger partial charge in [0.15, 0.2) is 0 Å². The number of fused-ring (bicyclic) bond motifs is 2. The number of hydrogen-bond donors (Lipinski definition) is 1. The second-order valence-corrected chi connectivity index (χ2v) is 9.71. The first-order chi connectivity index (χ1) is 13.8. The van der Waals surface area contributed by atoms with Gasteiger partial charge in [0.2, 0.25) is 5.82 Å². The number of amides is 1. The van der Waals surface area contributed by atoms with Crippen molar-refractivity contribution in [2.24, 2.45) is 11.8 Å². The van der Waals surface area contributed by atoms with Crippen molar-refractivity contribution in [1.82, 2.24) is 23.4 Å². The number of ether oxygens (including phenoxy) is 1. The Kier molecular flexibility index (Phi) is 5.05. The Balaban J connectivity index is 1.49. The third-order valence-corrected chi connectivity index (χ3v) is 7.44. The van der Waals surface area contributed by atoms with Gasteiger partial charge < -0.3 is 14.6 Å². The largest absolute Gasteiger partial charge is 0.497 e. The zero-order valence-corrected chi connectivity index (χ0v) is 17.4. The lowest BCUT2D eigenvalue weighted by Gasteiger charge is -2.25. The van der Waals surface area contributed by atoms with E-state index in [1.165, 1.54) is 22.7 Å². The van der Waals surface area contributed by atoms with Gasteiger partial charge in [0, 0.05) is 45.8 Å². The third-order valence-electron chi connectivity index (χ3n) is 5.57. The minimum Gasteiger partial charge on any atom is -0.497 e. The van der Waals surface area contributed by atoms with Gasteiger partial charge in [0.05, 0.1) is 7.11 Å². The SMILES string of the molecule is COc1ccc(NC(=O)c2nnc3n2C[C@H]2CN(S(=O)(=O)N(C)C)C[C@@H]2C3)cc1. The van der Waals surface area contributed by atoms with E-state index in [4.69, 9.17) is 4.74 Å². The lowest BCUT2D eigenvalue weighted by molar-refractivity contribution is 0.100. The van der Waals surface area contributed by atoms with Crippen LogP contribution in [0.15, 0.2) is 24.3 Å². The van der Waals surface area contributed by atoms with Crippen molar-refractivity contribution in [2.45, 2.75) is 13.0 Å². The summed E-state index contributed by atoms with van der Waals surface area (Å²) in [7, 11) is 1.21. The first kappa shape index (κ1) is 19.8. The second kappa shape index (κ2) is 7.39. The minimum absolute atomic E-state index is 0.126. The molecule has 1 amide bonds. The van der Waals surface area contributed by atoms with Gasteiger partial charge in [-0.1, -0.05) is 0 Å². The minimum atomic E-state index is -3.45. The fourth-order valence-electron chi connectivity index (χ4n) is 3.93. The molecule has 0 bridgehead atoms. The summed E-state index contributed by atoms with van der Waals surface area (Å²) in [6, 6.07) is 7.03. The molecule has 1 fully saturated rings. The number of benzene rings is 1. The van der Waals surface area contributed by atoms with E-state index in [1.807, 2.05) is 4.57 Å². The quantitative estimate of drug-likeness (QED) is 0.752. The van der Waals surface area contributed by atoms with Crippen LogP contribution in [0, 0.1) is 11.8 Å². The van der Waals surface area contributed by atoms with Crippen LogP contribution in [0.25, 0.3) is 0 Å². The molecule has 4 rings (SSSR count). The highest BCUT2D eigenvalue weighted by molar-refractivity contribution is 7.86. The highest BCUT2D eigenvalue weighted by atomic mass is 32.2. The molecule has 0 radical (unpaired) electrons. The molecule has 10 nitrogen and oxygen atoms in total. The molecule has 2 aliphatic heterocycles. The van der Waals surface area contributed by atoms with Crippen molar-refractivity contribution in [2.75, 3.05) is 39.6 Å². The molecule has 1 saturated heterocycles. The standard InChI is InChI=1S/C18H24N6O4S/c1-22(2)29(26,27)23-9-12-8-16-20-21-17(24(16)11-13(12)10-23)18(25)19-14-4-6-15(28-3)7-5-14/h4-7,12-13H,8-11H2,1-3H3,(H,19,25)/t12-,13+/m0/s1. The topological polar surface area (TPSA) is 110 Å². The Morgan fingerprint density at radius 3 is 2.48 bits per heavy atom. The first-order valence-corrected chi connectivity index (χ1v) is 10.7. The van der Waals surface area contributed by atoms with E-state index >= 15 is 0 Å². The van der Waals surface area contributed by atoms with Gasteiger partial charge in [-0.05, 0) is 36.1 Å². The molecule has 1 aromatic carbocycles. The molecule has 0 aliphatic carbocycles. The Labute approximate surface area is 169 Å². The van der Waals surface area contributed by atoms with Crippen molar-refractivity contribution < 1.29 is 17.9 Å². The summed E-state index contributed by atoms with van der Waals surface area (Å²) in [6.45, 7) is 1.42. The zero-order chi connectivity index (χ0) is 20.8. The number of rotatable bonds is 5. The number of hydrogen-bond acceptors (Lipinski definition) is 6. The lowest BCUT2D eigenvalue weighted by atomic mass is 9.89. The van der Waals surface area contributed by atoms with Crippen LogP contribution in [0.4, 0.5) is 5.69 Å². The maximum atomic E-state index is 12.7. The van der Waals surface area contributed by atoms with Crippen LogP contribution >= 0.6 is 0 Å². The van der Waals surface area contributed by atoms with Crippen LogP contribution in [-0.2, 0) is 23.2 Å². The van der Waals surface area contributed by atoms with Gasteiger partial charge in [-0.3, -0.25) is 4.79 Å². The van der Waals surface area contributed by atoms with Gasteiger partial charge in [-0.2, -0.15) is 17.0 Å². The Bertz CT molecular complexity index is 1020. The summed E-state index contributed by atoms with van der Waals surface area (Å²) < 4.78 is 34.6. The lowest BCUT2D eigenvalue weighted by Crippen LogP contribution is -2.38. The number of nitrogens with zero attached hydrogens (tertiary/aromatic N) is 5. The molecule has 0 spiro atoms. The fraction of sp³-hybridized carbons (Fsp3) is 0.500. The average molecular weight is 420 g/mol. The van der Waals surface area contributed by atoms with E-state index in [0.29, 0.717) is 37.5 Å². The predicted molar refractivity (Wildman–Crippen MR) is 106 cm³/mol. The highest BCUT2D eigenvalue weighted by Gasteiger charge is 2.43. The van der Waals surface area contributed by atoms with Crippen LogP contribution in [0.3, 0.4) is 0 Å². The number of carbonyl (C=O) groups is 1. The van der Waals surface area contributed by atoms with E-state index in [2.05, 4.69) is 15.5 Å². The Morgan fingerprint density at radius 2 is 1.83 bits per heavy atom. The summed E-state index contributed by atoms with van der Waals surface area (Å²) in [5, 5.41) is 11.1. The van der Waals surface area contributed by atoms with Gasteiger partial charge in [-0.15, -0.1) is 10.2 Å². The summed E-state index contributed by atoms with van der Waals surface area (Å²) in [4.78, 5) is 12.7. The first-order valence-electron chi connectivity index (χ1n) is 9.34. The smallest absolute Gasteiger partial charge is 0.293 e. The van der Waals surface area contributed by atoms with E-state index in [-0.39, 0.29) is 23.6 Å². The fourth-order valence-corrected chi connectivity index (χ4v) is 5.15. The van der Waals surface area contributed by atoms with Crippen molar-refractivity contribution in [1.29, 1.82) is 0 Å². The summed E-state index contributed by atoms with van der Waals surface area (Å²) in [6.07, 6.45) is 0.604. The van der Waals surface area contributed by atoms with E-state index in [1.54, 1.807) is 31.4 Å². The Morgan fingerprint density at radius 1 is 1.14 bits per heavy atom. The van der Waals surface area contributed by atoms with Crippen LogP contribution < -0.4 is 10.1 Å². The van der Waals surface area contributed by atoms with Gasteiger partial charge in [-0.25, -0.2) is 0 Å². The highest BCUT2D eigenvalue weighted by Crippen LogP contribution is 2.34. The van der Waals surface area contributed by atoms with E-state index in [0.717, 1.165) is 5.82 Å². The van der Waals surface area contributed by atoms with E-state index in [9.17, 15) is 13.2 Å². The van der Waals surface area contributed by atoms with Crippen molar-refractivity contribution in [3.63, 3.8) is 0 Å². The van der Waals surface area contributed by atoms with Crippen molar-refractivity contribution >= 4 is 21.8 Å². The molecule has 11 heteroatoms. The van der Waals surface area contributed by atoms with Gasteiger partial charge in [0.1, 0.15) is 11.6 Å². The summed E-state index contributed by atoms with van der Waals surface area (Å²) in [5.74, 6) is 1.62. The van der Waals surface area contributed by atoms with Crippen LogP contribution in [0.1, 0.15) is 16.4 Å². The third kappa shape index (κ3) is 3.61. The van der Waals surface area contributed by atoms with Crippen LogP contribution in [0.2, 0.25) is 0 Å². The molecule has 156 valence electrons. The molecular formula is C18H24N6O4S. The molecule has 2 aliphatic rings. The van der Waals surface area contributed by atoms with Gasteiger partial charge in [0.25, 0.3) is 16.1 Å². The number of carbonyl (C=O) groups excluding carboxylic acids is 1. The predicted octanol–water partition coefficient (Wildman–Crippen LogP) is 0.450. The number of aromatic nitrogens is 3. The summed E-state index contributed by atoms with van der Waals surface area (Å²) >= 11 is 0. The molecule has 1 N–H and O–H groups in total. The van der Waals surface area contributed by atoms with Crippen molar-refractivity contribution in [3.05, 3.63) is 35.9 Å². The van der Waals surface area contributed by atoms with Crippen molar-refractivity contribution in [3.8, 4) is 5.75 Å². The van der Waals surface area contributed by atoms with Crippen LogP contribution in [-0.4, -0.2) is 72.0 Å². The molecular weight excluding hydrogens is 396 g/mol. The molecule has 0 saturated carbocycles. The maximum absolute atomic E-state index is 12.7. The average Bonchev–Trinajstić information content (AvgIpc) is 3.30. The van der Waals surface area contributed by atoms with Crippen LogP contribution in [0.5, 0.6) is 5.75 Å². The summed E-state index contributed by atoms with van der Waals surface area (Å²) in [5.41, 5.74) is 0.631. The molecule has 2 atom stereocenters. The maximum Gasteiger partial charge on any atom is 0.293 e. The monoisotopic (exact) mass is 420 g/mol. The molecule has 2 aromatic rings. The van der Waals surface area contributed by atoms with E-state index < -0.39 is 10.2 Å². The Hall–Kier alpha value is -2.50. The number of anilines is 1. The molecule has 0 unspecified atom stereocenters. The molecule has 29 heavy (non-hydrogen) atoms.